The largest absolute Gasteiger partial charge is 0.491 e. The molecule has 1 N–H and O–H groups in total. The van der Waals surface area contributed by atoms with Crippen molar-refractivity contribution < 1.29 is 24.2 Å². The van der Waals surface area contributed by atoms with Gasteiger partial charge in [0.1, 0.15) is 11.8 Å². The number of carbonyl (C=O) groups excluding carboxylic acids is 1. The SMILES string of the molecule is COC(=O)C1=C(C)N=c2s/c(=C\c3ccccc3C(=O)O)c(=O)n2C1c1ccccc1OC(C)C. The van der Waals surface area contributed by atoms with Gasteiger partial charge in [0.25, 0.3) is 5.56 Å². The fraction of sp³-hybridized carbons (Fsp3) is 0.231. The topological polar surface area (TPSA) is 107 Å². The average molecular weight is 493 g/mol. The number of hydrogen-bond acceptors (Lipinski definition) is 7. The molecule has 1 aromatic heterocycles. The number of fused-ring (bicyclic) bond motifs is 1. The molecule has 1 unspecified atom stereocenters. The Labute approximate surface area is 205 Å². The maximum atomic E-state index is 13.7. The van der Waals surface area contributed by atoms with Crippen LogP contribution in [0.25, 0.3) is 6.08 Å². The Morgan fingerprint density at radius 3 is 2.51 bits per heavy atom. The van der Waals surface area contributed by atoms with Crippen molar-refractivity contribution in [3.63, 3.8) is 0 Å². The molecule has 0 aliphatic carbocycles. The van der Waals surface area contributed by atoms with Crippen LogP contribution >= 0.6 is 11.3 Å². The second kappa shape index (κ2) is 9.71. The Kier molecular flexibility index (Phi) is 6.70. The van der Waals surface area contributed by atoms with Crippen LogP contribution in [0.5, 0.6) is 5.75 Å². The summed E-state index contributed by atoms with van der Waals surface area (Å²) in [4.78, 5) is 43.1. The van der Waals surface area contributed by atoms with Gasteiger partial charge < -0.3 is 14.6 Å². The minimum Gasteiger partial charge on any atom is -0.491 e. The van der Waals surface area contributed by atoms with E-state index in [0.717, 1.165) is 11.3 Å². The normalized spacial score (nSPS) is 15.6. The predicted octanol–water partition coefficient (Wildman–Crippen LogP) is 2.89. The molecule has 1 aliphatic heterocycles. The molecule has 3 aromatic rings. The molecule has 0 radical (unpaired) electrons. The molecule has 1 atom stereocenters. The summed E-state index contributed by atoms with van der Waals surface area (Å²) in [5, 5.41) is 9.54. The number of nitrogens with zero attached hydrogens (tertiary/aromatic N) is 2. The molecule has 9 heteroatoms. The molecule has 8 nitrogen and oxygen atoms in total. The van der Waals surface area contributed by atoms with Gasteiger partial charge in [0, 0.05) is 5.56 Å². The first-order valence-electron chi connectivity index (χ1n) is 10.9. The number of aromatic carboxylic acids is 1. The number of carboxylic acids is 1. The third kappa shape index (κ3) is 4.54. The fourth-order valence-electron chi connectivity index (χ4n) is 4.01. The van der Waals surface area contributed by atoms with E-state index >= 15 is 0 Å². The summed E-state index contributed by atoms with van der Waals surface area (Å²) in [6.45, 7) is 5.48. The van der Waals surface area contributed by atoms with Crippen molar-refractivity contribution in [3.05, 3.63) is 96.2 Å². The molecular formula is C26H24N2O6S. The zero-order valence-electron chi connectivity index (χ0n) is 19.6. The Morgan fingerprint density at radius 1 is 1.14 bits per heavy atom. The minimum absolute atomic E-state index is 0.0806. The van der Waals surface area contributed by atoms with E-state index in [1.807, 2.05) is 26.0 Å². The number of esters is 1. The number of carboxylic acid groups (broad SMARTS) is 1. The summed E-state index contributed by atoms with van der Waals surface area (Å²) in [5.74, 6) is -1.15. The van der Waals surface area contributed by atoms with Crippen LogP contribution in [0.3, 0.4) is 0 Å². The second-order valence-corrected chi connectivity index (χ2v) is 9.18. The zero-order chi connectivity index (χ0) is 25.3. The minimum atomic E-state index is -1.09. The van der Waals surface area contributed by atoms with Gasteiger partial charge in [-0.25, -0.2) is 14.6 Å². The van der Waals surface area contributed by atoms with Gasteiger partial charge in [-0.15, -0.1) is 0 Å². The van der Waals surface area contributed by atoms with Crippen molar-refractivity contribution in [2.75, 3.05) is 7.11 Å². The summed E-state index contributed by atoms with van der Waals surface area (Å²) in [6, 6.07) is 12.8. The number of benzene rings is 2. The molecule has 0 amide bonds. The van der Waals surface area contributed by atoms with Crippen molar-refractivity contribution in [1.29, 1.82) is 0 Å². The van der Waals surface area contributed by atoms with Crippen LogP contribution in [0.15, 0.2) is 69.6 Å². The lowest BCUT2D eigenvalue weighted by Gasteiger charge is -2.26. The van der Waals surface area contributed by atoms with Gasteiger partial charge in [-0.3, -0.25) is 9.36 Å². The summed E-state index contributed by atoms with van der Waals surface area (Å²) in [6.07, 6.45) is 1.41. The number of para-hydroxylation sites is 1. The third-order valence-electron chi connectivity index (χ3n) is 5.48. The van der Waals surface area contributed by atoms with E-state index in [0.29, 0.717) is 31.9 Å². The quantitative estimate of drug-likeness (QED) is 0.531. The Balaban J connectivity index is 2.01. The molecule has 180 valence electrons. The lowest BCUT2D eigenvalue weighted by atomic mass is 9.95. The summed E-state index contributed by atoms with van der Waals surface area (Å²) >= 11 is 1.13. The van der Waals surface area contributed by atoms with Gasteiger partial charge in [-0.1, -0.05) is 47.7 Å². The number of methoxy groups -OCH3 is 1. The van der Waals surface area contributed by atoms with Crippen molar-refractivity contribution in [3.8, 4) is 5.75 Å². The van der Waals surface area contributed by atoms with Crippen LogP contribution in [-0.4, -0.2) is 34.8 Å². The number of aromatic nitrogens is 1. The van der Waals surface area contributed by atoms with E-state index in [9.17, 15) is 19.5 Å². The van der Waals surface area contributed by atoms with Crippen LogP contribution in [0, 0.1) is 0 Å². The number of thiazole rings is 1. The first-order chi connectivity index (χ1) is 16.7. The van der Waals surface area contributed by atoms with E-state index < -0.39 is 23.5 Å². The molecule has 0 bridgehead atoms. The van der Waals surface area contributed by atoms with Crippen LogP contribution in [0.2, 0.25) is 0 Å². The highest BCUT2D eigenvalue weighted by atomic mass is 32.1. The Hall–Kier alpha value is -3.98. The standard InChI is InChI=1S/C26H24N2O6S/c1-14(2)34-19-12-8-7-11-18(19)22-21(25(32)33-4)15(3)27-26-28(22)23(29)20(35-26)13-16-9-5-6-10-17(16)24(30)31/h5-14,22H,1-4H3,(H,30,31)/b20-13-. The van der Waals surface area contributed by atoms with Crippen molar-refractivity contribution in [2.24, 2.45) is 4.99 Å². The van der Waals surface area contributed by atoms with E-state index in [1.165, 1.54) is 23.8 Å². The summed E-state index contributed by atoms with van der Waals surface area (Å²) < 4.78 is 12.8. The lowest BCUT2D eigenvalue weighted by molar-refractivity contribution is -0.136. The Morgan fingerprint density at radius 2 is 1.83 bits per heavy atom. The van der Waals surface area contributed by atoms with E-state index in [4.69, 9.17) is 9.47 Å². The van der Waals surface area contributed by atoms with Gasteiger partial charge in [-0.05, 0) is 44.5 Å². The molecule has 0 fully saturated rings. The van der Waals surface area contributed by atoms with Gasteiger partial charge in [0.2, 0.25) is 0 Å². The predicted molar refractivity (Wildman–Crippen MR) is 131 cm³/mol. The van der Waals surface area contributed by atoms with Crippen molar-refractivity contribution in [2.45, 2.75) is 32.9 Å². The van der Waals surface area contributed by atoms with Crippen LogP contribution in [0.4, 0.5) is 0 Å². The van der Waals surface area contributed by atoms with Gasteiger partial charge in [0.05, 0.1) is 34.6 Å². The Bertz CT molecular complexity index is 1530. The van der Waals surface area contributed by atoms with Crippen molar-refractivity contribution in [1.82, 2.24) is 4.57 Å². The molecule has 35 heavy (non-hydrogen) atoms. The van der Waals surface area contributed by atoms with Crippen molar-refractivity contribution >= 4 is 29.4 Å². The highest BCUT2D eigenvalue weighted by Gasteiger charge is 2.35. The van der Waals surface area contributed by atoms with Crippen LogP contribution in [-0.2, 0) is 9.53 Å². The highest BCUT2D eigenvalue weighted by Crippen LogP contribution is 2.36. The monoisotopic (exact) mass is 492 g/mol. The summed E-state index contributed by atoms with van der Waals surface area (Å²) in [5.41, 5.74) is 1.37. The van der Waals surface area contributed by atoms with Gasteiger partial charge in [-0.2, -0.15) is 0 Å². The average Bonchev–Trinajstić information content (AvgIpc) is 3.12. The molecule has 2 heterocycles. The van der Waals surface area contributed by atoms with E-state index in [-0.39, 0.29) is 17.2 Å². The molecule has 1 aliphatic rings. The van der Waals surface area contributed by atoms with E-state index in [2.05, 4.69) is 4.99 Å². The molecule has 0 saturated heterocycles. The second-order valence-electron chi connectivity index (χ2n) is 8.17. The number of rotatable bonds is 6. The van der Waals surface area contributed by atoms with Crippen LogP contribution < -0.4 is 19.6 Å². The lowest BCUT2D eigenvalue weighted by Crippen LogP contribution is -2.40. The maximum Gasteiger partial charge on any atom is 0.338 e. The molecule has 2 aromatic carbocycles. The molecule has 0 saturated carbocycles. The number of carbonyl (C=O) groups is 2. The molecule has 0 spiro atoms. The fourth-order valence-corrected chi connectivity index (χ4v) is 5.05. The smallest absolute Gasteiger partial charge is 0.338 e. The summed E-state index contributed by atoms with van der Waals surface area (Å²) in [7, 11) is 1.28. The maximum absolute atomic E-state index is 13.7. The molecular weight excluding hydrogens is 468 g/mol. The highest BCUT2D eigenvalue weighted by molar-refractivity contribution is 7.07. The van der Waals surface area contributed by atoms with Crippen LogP contribution in [0.1, 0.15) is 48.3 Å². The first-order valence-corrected chi connectivity index (χ1v) is 11.7. The molecule has 4 rings (SSSR count). The van der Waals surface area contributed by atoms with Gasteiger partial charge >= 0.3 is 11.9 Å². The van der Waals surface area contributed by atoms with Gasteiger partial charge in [0.15, 0.2) is 4.80 Å². The number of ether oxygens (including phenoxy) is 2. The zero-order valence-corrected chi connectivity index (χ0v) is 20.5. The number of hydrogen-bond donors (Lipinski definition) is 1. The first kappa shape index (κ1) is 24.2. The number of allylic oxidation sites excluding steroid dienone is 1. The van der Waals surface area contributed by atoms with E-state index in [1.54, 1.807) is 37.3 Å². The third-order valence-corrected chi connectivity index (χ3v) is 6.46.